The summed E-state index contributed by atoms with van der Waals surface area (Å²) in [5, 5.41) is 32.3. The SMILES string of the molecule is CCl.CN[C@H](C(=O)Cc1ccccc1N)[C@@H](C)O.CN[C@H](C(=O)O)[C@@H](C)O.Nc1ccc(Cl)cc1N. The first kappa shape index (κ1) is 35.6. The van der Waals surface area contributed by atoms with E-state index in [9.17, 15) is 14.7 Å². The molecule has 0 bridgehead atoms. The molecule has 0 amide bonds. The summed E-state index contributed by atoms with van der Waals surface area (Å²) in [6.07, 6.45) is 0.151. The van der Waals surface area contributed by atoms with E-state index < -0.39 is 30.3 Å². The number of anilines is 3. The average Bonchev–Trinajstić information content (AvgIpc) is 2.80. The van der Waals surface area contributed by atoms with Crippen LogP contribution >= 0.6 is 23.2 Å². The maximum atomic E-state index is 11.9. The molecular weight excluding hydrogens is 509 g/mol. The van der Waals surface area contributed by atoms with Crippen molar-refractivity contribution in [2.24, 2.45) is 0 Å². The molecule has 0 fully saturated rings. The molecule has 10 nitrogen and oxygen atoms in total. The van der Waals surface area contributed by atoms with Crippen LogP contribution in [0.1, 0.15) is 19.4 Å². The molecule has 0 aliphatic carbocycles. The fourth-order valence-corrected chi connectivity index (χ4v) is 2.96. The number of carbonyl (C=O) groups is 2. The number of likely N-dealkylation sites (N-methyl/N-ethyl adjacent to an activating group) is 2. The number of carbonyl (C=O) groups excluding carboxylic acids is 1. The number of para-hydroxylation sites is 1. The van der Waals surface area contributed by atoms with Crippen LogP contribution in [0.5, 0.6) is 0 Å². The number of aliphatic hydroxyl groups excluding tert-OH is 2. The number of alkyl halides is 1. The van der Waals surface area contributed by atoms with Gasteiger partial charge in [-0.15, -0.1) is 11.6 Å². The fourth-order valence-electron chi connectivity index (χ4n) is 2.78. The van der Waals surface area contributed by atoms with Crippen LogP contribution in [0.25, 0.3) is 0 Å². The van der Waals surface area contributed by atoms with Crippen molar-refractivity contribution in [1.82, 2.24) is 10.6 Å². The van der Waals surface area contributed by atoms with Gasteiger partial charge in [0.05, 0.1) is 29.6 Å². The minimum Gasteiger partial charge on any atom is -0.480 e. The Morgan fingerprint density at radius 2 is 1.36 bits per heavy atom. The Kier molecular flexibility index (Phi) is 19.3. The van der Waals surface area contributed by atoms with Gasteiger partial charge in [0.25, 0.3) is 0 Å². The number of nitrogens with one attached hydrogen (secondary N) is 2. The number of ketones is 1. The van der Waals surface area contributed by atoms with E-state index in [2.05, 4.69) is 22.2 Å². The molecule has 0 unspecified atom stereocenters. The molecular formula is C24H39Cl2N5O5. The van der Waals surface area contributed by atoms with Gasteiger partial charge in [-0.05, 0) is 57.8 Å². The summed E-state index contributed by atoms with van der Waals surface area (Å²) in [6.45, 7) is 3.02. The van der Waals surface area contributed by atoms with Gasteiger partial charge in [0.15, 0.2) is 5.78 Å². The molecule has 12 heteroatoms. The molecule has 2 aromatic carbocycles. The molecule has 0 spiro atoms. The summed E-state index contributed by atoms with van der Waals surface area (Å²) >= 11 is 10.2. The van der Waals surface area contributed by atoms with Gasteiger partial charge in [-0.25, -0.2) is 0 Å². The van der Waals surface area contributed by atoms with Crippen molar-refractivity contribution in [2.45, 2.75) is 44.6 Å². The zero-order chi connectivity index (χ0) is 28.4. The van der Waals surface area contributed by atoms with Gasteiger partial charge in [-0.1, -0.05) is 29.8 Å². The molecule has 2 rings (SSSR count). The second kappa shape index (κ2) is 19.6. The van der Waals surface area contributed by atoms with E-state index >= 15 is 0 Å². The second-order valence-corrected chi connectivity index (χ2v) is 7.90. The number of aliphatic carboxylic acids is 1. The van der Waals surface area contributed by atoms with Crippen molar-refractivity contribution in [3.63, 3.8) is 0 Å². The van der Waals surface area contributed by atoms with Crippen LogP contribution in [0.15, 0.2) is 42.5 Å². The first-order valence-electron chi connectivity index (χ1n) is 10.8. The van der Waals surface area contributed by atoms with Crippen molar-refractivity contribution in [2.75, 3.05) is 37.7 Å². The molecule has 0 heterocycles. The number of nitrogens with two attached hydrogens (primary N) is 3. The van der Waals surface area contributed by atoms with Crippen molar-refractivity contribution >= 4 is 52.0 Å². The third-order valence-corrected chi connectivity index (χ3v) is 4.90. The predicted octanol–water partition coefficient (Wildman–Crippen LogP) is 1.75. The number of Topliss-reactive ketones (excluding diaryl/α,β-unsaturated/α-hetero) is 1. The number of rotatable bonds is 8. The topological polar surface area (TPSA) is 197 Å². The highest BCUT2D eigenvalue weighted by atomic mass is 35.5. The number of benzene rings is 2. The summed E-state index contributed by atoms with van der Waals surface area (Å²) < 4.78 is 0. The maximum absolute atomic E-state index is 11.9. The second-order valence-electron chi connectivity index (χ2n) is 7.47. The third kappa shape index (κ3) is 14.1. The summed E-state index contributed by atoms with van der Waals surface area (Å²) in [5.41, 5.74) is 19.1. The van der Waals surface area contributed by atoms with Crippen LogP contribution in [-0.2, 0) is 16.0 Å². The average molecular weight is 549 g/mol. The normalized spacial score (nSPS) is 13.1. The number of aliphatic hydroxyl groups is 2. The van der Waals surface area contributed by atoms with E-state index in [-0.39, 0.29) is 12.2 Å². The Morgan fingerprint density at radius 3 is 1.69 bits per heavy atom. The maximum Gasteiger partial charge on any atom is 0.323 e. The molecule has 0 saturated carbocycles. The van der Waals surface area contributed by atoms with Gasteiger partial charge in [0.1, 0.15) is 6.04 Å². The molecule has 0 aromatic heterocycles. The zero-order valence-electron chi connectivity index (χ0n) is 21.2. The highest BCUT2D eigenvalue weighted by Gasteiger charge is 2.22. The molecule has 4 atom stereocenters. The monoisotopic (exact) mass is 547 g/mol. The number of hydrogen-bond acceptors (Lipinski definition) is 9. The number of carboxylic acid groups (broad SMARTS) is 1. The van der Waals surface area contributed by atoms with Crippen LogP contribution in [0, 0.1) is 0 Å². The molecule has 11 N–H and O–H groups in total. The Hall–Kier alpha value is -2.60. The van der Waals surface area contributed by atoms with Crippen molar-refractivity contribution in [3.05, 3.63) is 53.1 Å². The first-order valence-corrected chi connectivity index (χ1v) is 12.0. The Morgan fingerprint density at radius 1 is 0.861 bits per heavy atom. The van der Waals surface area contributed by atoms with Crippen molar-refractivity contribution in [1.29, 1.82) is 0 Å². The molecule has 0 radical (unpaired) electrons. The van der Waals surface area contributed by atoms with Crippen LogP contribution in [0.2, 0.25) is 5.02 Å². The summed E-state index contributed by atoms with van der Waals surface area (Å²) in [4.78, 5) is 22.0. The molecule has 2 aromatic rings. The lowest BCUT2D eigenvalue weighted by molar-refractivity contribution is -0.142. The fraction of sp³-hybridized carbons (Fsp3) is 0.417. The lowest BCUT2D eigenvalue weighted by atomic mass is 9.99. The summed E-state index contributed by atoms with van der Waals surface area (Å²) in [5.74, 6) is -1.09. The summed E-state index contributed by atoms with van der Waals surface area (Å²) in [6, 6.07) is 10.9. The van der Waals surface area contributed by atoms with Gasteiger partial charge in [-0.2, -0.15) is 0 Å². The van der Waals surface area contributed by atoms with Crippen molar-refractivity contribution < 1.29 is 24.9 Å². The van der Waals surface area contributed by atoms with Crippen molar-refractivity contribution in [3.8, 4) is 0 Å². The van der Waals surface area contributed by atoms with E-state index in [0.29, 0.717) is 22.1 Å². The molecule has 36 heavy (non-hydrogen) atoms. The van der Waals surface area contributed by atoms with Crippen LogP contribution < -0.4 is 27.8 Å². The number of hydrogen-bond donors (Lipinski definition) is 8. The number of halogens is 2. The Labute approximate surface area is 222 Å². The smallest absolute Gasteiger partial charge is 0.323 e. The first-order chi connectivity index (χ1) is 16.8. The van der Waals surface area contributed by atoms with E-state index in [1.54, 1.807) is 38.2 Å². The largest absolute Gasteiger partial charge is 0.480 e. The van der Waals surface area contributed by atoms with Crippen LogP contribution in [0.3, 0.4) is 0 Å². The van der Waals surface area contributed by atoms with Crippen LogP contribution in [-0.4, -0.2) is 71.8 Å². The molecule has 0 aliphatic rings. The predicted molar refractivity (Wildman–Crippen MR) is 148 cm³/mol. The highest BCUT2D eigenvalue weighted by Crippen LogP contribution is 2.18. The quantitative estimate of drug-likeness (QED) is 0.178. The number of carboxylic acids is 1. The molecule has 204 valence electrons. The van der Waals surface area contributed by atoms with Crippen LogP contribution in [0.4, 0.5) is 17.1 Å². The Bertz CT molecular complexity index is 916. The summed E-state index contributed by atoms with van der Waals surface area (Å²) in [7, 11) is 3.15. The van der Waals surface area contributed by atoms with E-state index in [0.717, 1.165) is 5.56 Å². The van der Waals surface area contributed by atoms with Gasteiger partial charge in [0, 0.05) is 23.5 Å². The van der Waals surface area contributed by atoms with Gasteiger partial charge < -0.3 is 43.2 Å². The lowest BCUT2D eigenvalue weighted by Gasteiger charge is -2.18. The molecule has 0 aliphatic heterocycles. The zero-order valence-corrected chi connectivity index (χ0v) is 22.7. The van der Waals surface area contributed by atoms with E-state index in [1.807, 2.05) is 18.2 Å². The standard InChI is InChI=1S/C12H18N2O2.C6H7ClN2.C5H11NO3.CH3Cl/c1-8(15)12(14-2)11(16)7-9-5-3-4-6-10(9)13;7-4-1-2-5(8)6(9)3-4;1-3(7)4(6-2)5(8)9;1-2/h3-6,8,12,14-15H,7,13H2,1-2H3;1-3H,8-9H2;3-4,6-7H,1-2H3,(H,8,9);1H3/t8-,12+;;3-,4+;/m1.1./s1. The van der Waals surface area contributed by atoms with Gasteiger partial charge in [0.2, 0.25) is 0 Å². The van der Waals surface area contributed by atoms with E-state index in [1.165, 1.54) is 20.4 Å². The Balaban J connectivity index is 0. The highest BCUT2D eigenvalue weighted by molar-refractivity contribution is 6.31. The van der Waals surface area contributed by atoms with Gasteiger partial charge in [-0.3, -0.25) is 9.59 Å². The lowest BCUT2D eigenvalue weighted by Crippen LogP contribution is -2.43. The van der Waals surface area contributed by atoms with E-state index in [4.69, 9.17) is 39.0 Å². The third-order valence-electron chi connectivity index (χ3n) is 4.67. The minimum absolute atomic E-state index is 0.0598. The molecule has 0 saturated heterocycles. The minimum atomic E-state index is -1.03. The number of nitrogen functional groups attached to an aromatic ring is 3. The van der Waals surface area contributed by atoms with Gasteiger partial charge >= 0.3 is 5.97 Å².